The lowest BCUT2D eigenvalue weighted by Crippen LogP contribution is -2.18. The van der Waals surface area contributed by atoms with E-state index in [2.05, 4.69) is 37.5 Å². The van der Waals surface area contributed by atoms with Crippen LogP contribution in [-0.4, -0.2) is 29.6 Å². The first-order chi connectivity index (χ1) is 21.5. The molecular weight excluding hydrogens is 564 g/mol. The van der Waals surface area contributed by atoms with Crippen LogP contribution in [0.3, 0.4) is 0 Å². The zero-order chi connectivity index (χ0) is 31.4. The van der Waals surface area contributed by atoms with Crippen LogP contribution in [0, 0.1) is 0 Å². The zero-order valence-corrected chi connectivity index (χ0v) is 25.4. The lowest BCUT2D eigenvalue weighted by molar-refractivity contribution is 0.385. The van der Waals surface area contributed by atoms with Gasteiger partial charge in [-0.3, -0.25) is 9.13 Å². The van der Waals surface area contributed by atoms with Crippen molar-refractivity contribution in [3.05, 3.63) is 119 Å². The molecule has 4 aliphatic rings. The van der Waals surface area contributed by atoms with E-state index in [1.807, 2.05) is 13.8 Å². The van der Waals surface area contributed by atoms with Gasteiger partial charge in [0.1, 0.15) is 11.5 Å². The molecule has 4 aromatic rings. The van der Waals surface area contributed by atoms with E-state index in [0.717, 1.165) is 59.1 Å². The molecule has 7 nitrogen and oxygen atoms in total. The molecule has 4 bridgehead atoms. The summed E-state index contributed by atoms with van der Waals surface area (Å²) in [6.45, 7) is 12.2. The summed E-state index contributed by atoms with van der Waals surface area (Å²) in [5, 5.41) is 45.1. The molecule has 0 radical (unpaired) electrons. The summed E-state index contributed by atoms with van der Waals surface area (Å²) in [5.41, 5.74) is 5.89. The number of ether oxygens (including phenoxy) is 1. The maximum absolute atomic E-state index is 11.3. The minimum absolute atomic E-state index is 0.0664. The van der Waals surface area contributed by atoms with E-state index in [1.165, 1.54) is 9.13 Å². The number of allylic oxidation sites excluding steroid dienone is 6. The summed E-state index contributed by atoms with van der Waals surface area (Å²) in [4.78, 5) is 0. The van der Waals surface area contributed by atoms with Gasteiger partial charge in [0.25, 0.3) is 0 Å². The van der Waals surface area contributed by atoms with Gasteiger partial charge in [-0.25, -0.2) is 0 Å². The Morgan fingerprint density at radius 1 is 0.667 bits per heavy atom. The van der Waals surface area contributed by atoms with Crippen molar-refractivity contribution in [2.75, 3.05) is 0 Å². The fourth-order valence-corrected chi connectivity index (χ4v) is 8.71. The van der Waals surface area contributed by atoms with E-state index in [0.29, 0.717) is 22.9 Å². The van der Waals surface area contributed by atoms with Crippen molar-refractivity contribution in [1.82, 2.24) is 9.13 Å². The Morgan fingerprint density at radius 3 is 1.40 bits per heavy atom. The third-order valence-electron chi connectivity index (χ3n) is 10.2. The van der Waals surface area contributed by atoms with Crippen LogP contribution in [0.4, 0.5) is 0 Å². The van der Waals surface area contributed by atoms with Gasteiger partial charge in [0.05, 0.1) is 11.4 Å². The lowest BCUT2D eigenvalue weighted by atomic mass is 9.78. The van der Waals surface area contributed by atoms with Gasteiger partial charge in [-0.1, -0.05) is 35.5 Å². The molecule has 0 saturated carbocycles. The molecule has 0 amide bonds. The molecular formula is C38H36N2O5. The molecule has 0 aliphatic heterocycles. The molecule has 8 rings (SSSR count). The average molecular weight is 601 g/mol. The molecule has 4 atom stereocenters. The molecule has 7 heteroatoms. The summed E-state index contributed by atoms with van der Waals surface area (Å²) in [6.07, 6.45) is 11.7. The van der Waals surface area contributed by atoms with Crippen molar-refractivity contribution in [1.29, 1.82) is 0 Å². The van der Waals surface area contributed by atoms with Crippen molar-refractivity contribution in [3.8, 4) is 46.4 Å². The highest BCUT2D eigenvalue weighted by molar-refractivity contribution is 5.67. The van der Waals surface area contributed by atoms with Gasteiger partial charge >= 0.3 is 0 Å². The predicted octanol–water partition coefficient (Wildman–Crippen LogP) is 8.40. The van der Waals surface area contributed by atoms with E-state index < -0.39 is 0 Å². The summed E-state index contributed by atoms with van der Waals surface area (Å²) >= 11 is 0. The second-order valence-corrected chi connectivity index (χ2v) is 13.6. The molecule has 4 aliphatic carbocycles. The smallest absolute Gasteiger partial charge is 0.203 e. The molecule has 2 heterocycles. The fraction of sp³-hybridized carbons (Fsp3) is 0.263. The number of benzene rings is 2. The molecule has 2 aromatic heterocycles. The normalized spacial score (nSPS) is 24.8. The minimum Gasteiger partial charge on any atom is -0.494 e. The predicted molar refractivity (Wildman–Crippen MR) is 173 cm³/mol. The van der Waals surface area contributed by atoms with Crippen LogP contribution in [0.2, 0.25) is 0 Å². The summed E-state index contributed by atoms with van der Waals surface area (Å²) < 4.78 is 9.11. The van der Waals surface area contributed by atoms with Crippen molar-refractivity contribution in [2.45, 2.75) is 62.2 Å². The first kappa shape index (κ1) is 27.5. The third-order valence-corrected chi connectivity index (χ3v) is 10.2. The highest BCUT2D eigenvalue weighted by Crippen LogP contribution is 2.63. The summed E-state index contributed by atoms with van der Waals surface area (Å²) in [6, 6.07) is 14.4. The largest absolute Gasteiger partial charge is 0.494 e. The van der Waals surface area contributed by atoms with Gasteiger partial charge in [-0.15, -0.1) is 13.2 Å². The number of aromatic hydroxyl groups is 4. The Kier molecular flexibility index (Phi) is 5.65. The third kappa shape index (κ3) is 3.76. The van der Waals surface area contributed by atoms with Gasteiger partial charge in [0.2, 0.25) is 23.5 Å². The number of fused-ring (bicyclic) bond motifs is 10. The Bertz CT molecular complexity index is 1850. The molecule has 4 unspecified atom stereocenters. The van der Waals surface area contributed by atoms with Gasteiger partial charge in [0, 0.05) is 44.9 Å². The number of rotatable bonds is 8. The molecule has 4 N–H and O–H groups in total. The number of nitrogens with zero attached hydrogens (tertiary/aromatic N) is 2. The first-order valence-electron chi connectivity index (χ1n) is 15.4. The Balaban J connectivity index is 1.04. The average Bonchev–Trinajstić information content (AvgIpc) is 3.81. The van der Waals surface area contributed by atoms with Crippen LogP contribution in [0.25, 0.3) is 11.4 Å². The van der Waals surface area contributed by atoms with E-state index in [4.69, 9.17) is 4.74 Å². The van der Waals surface area contributed by atoms with Crippen LogP contribution < -0.4 is 4.74 Å². The molecule has 2 aromatic carbocycles. The monoisotopic (exact) mass is 600 g/mol. The van der Waals surface area contributed by atoms with E-state index in [1.54, 1.807) is 48.5 Å². The number of hydrogen-bond donors (Lipinski definition) is 4. The standard InChI is InChI=1S/C38H36N2O5/c1-21(2)17-37-15-13-23(19-37)29-31(37)35(43)39(33(29)41)25-5-9-27(10-6-25)45-28-11-7-26(8-12-28)40-34(42)30-24-14-16-38(20-24,18-22(3)4)32(30)36(40)44/h5-16,23-24,41-44H,1,3,17-20H2,2,4H3. The van der Waals surface area contributed by atoms with E-state index in [9.17, 15) is 20.4 Å². The van der Waals surface area contributed by atoms with Crippen molar-refractivity contribution in [2.24, 2.45) is 0 Å². The van der Waals surface area contributed by atoms with Crippen molar-refractivity contribution >= 4 is 0 Å². The minimum atomic E-state index is -0.329. The zero-order valence-electron chi connectivity index (χ0n) is 25.4. The topological polar surface area (TPSA) is 100 Å². The van der Waals surface area contributed by atoms with E-state index in [-0.39, 0.29) is 46.2 Å². The second kappa shape index (κ2) is 9.24. The first-order valence-corrected chi connectivity index (χ1v) is 15.4. The van der Waals surface area contributed by atoms with Crippen molar-refractivity contribution in [3.63, 3.8) is 0 Å². The number of hydrogen-bond acceptors (Lipinski definition) is 5. The Morgan fingerprint density at radius 2 is 1.04 bits per heavy atom. The lowest BCUT2D eigenvalue weighted by Gasteiger charge is -2.25. The van der Waals surface area contributed by atoms with Gasteiger partial charge in [-0.05, 0) is 88.1 Å². The second-order valence-electron chi connectivity index (χ2n) is 13.6. The van der Waals surface area contributed by atoms with Crippen LogP contribution in [0.5, 0.6) is 35.0 Å². The summed E-state index contributed by atoms with van der Waals surface area (Å²) in [7, 11) is 0. The highest BCUT2D eigenvalue weighted by atomic mass is 16.5. The van der Waals surface area contributed by atoms with Gasteiger partial charge in [-0.2, -0.15) is 0 Å². The molecule has 0 spiro atoms. The fourth-order valence-electron chi connectivity index (χ4n) is 8.71. The summed E-state index contributed by atoms with van der Waals surface area (Å²) in [5.74, 6) is 1.60. The van der Waals surface area contributed by atoms with Crippen LogP contribution in [0.15, 0.2) is 97.1 Å². The van der Waals surface area contributed by atoms with Crippen molar-refractivity contribution < 1.29 is 25.2 Å². The molecule has 228 valence electrons. The van der Waals surface area contributed by atoms with Crippen LogP contribution >= 0.6 is 0 Å². The van der Waals surface area contributed by atoms with Gasteiger partial charge in [0.15, 0.2) is 0 Å². The molecule has 0 fully saturated rings. The van der Waals surface area contributed by atoms with Gasteiger partial charge < -0.3 is 25.2 Å². The maximum atomic E-state index is 11.3. The highest BCUT2D eigenvalue weighted by Gasteiger charge is 2.52. The number of aromatic nitrogens is 2. The van der Waals surface area contributed by atoms with Crippen LogP contribution in [0.1, 0.15) is 73.6 Å². The molecule has 0 saturated heterocycles. The molecule has 45 heavy (non-hydrogen) atoms. The SMILES string of the molecule is C=C(C)CC12C=CC(C1)c1c2c(O)n(-c2ccc(Oc3ccc(-n4c(O)c5c(c4O)C4(CC(=C)C)C=CC5C4)cc3)cc2)c1O. The maximum Gasteiger partial charge on any atom is 0.203 e. The van der Waals surface area contributed by atoms with Crippen LogP contribution in [-0.2, 0) is 10.8 Å². The van der Waals surface area contributed by atoms with E-state index >= 15 is 0 Å². The quantitative estimate of drug-likeness (QED) is 0.152. The Hall–Kier alpha value is -5.04. The Labute approximate surface area is 262 Å².